The molecule has 0 unspecified atom stereocenters. The van der Waals surface area contributed by atoms with Gasteiger partial charge in [-0.1, -0.05) is 48.5 Å². The van der Waals surface area contributed by atoms with E-state index < -0.39 is 0 Å². The molecule has 4 aromatic rings. The molecule has 0 radical (unpaired) electrons. The van der Waals surface area contributed by atoms with E-state index in [1.807, 2.05) is 60.4 Å². The predicted molar refractivity (Wildman–Crippen MR) is 160 cm³/mol. The molecule has 1 aliphatic rings. The fraction of sp³-hybridized carbons (Fsp3) is 0.364. The van der Waals surface area contributed by atoms with Crippen LogP contribution in [0, 0.1) is 19.8 Å². The number of carbonyl (C=O) groups excluding carboxylic acids is 2. The zero-order valence-corrected chi connectivity index (χ0v) is 24.2. The molecule has 2 amide bonds. The first-order valence-electron chi connectivity index (χ1n) is 14.2. The van der Waals surface area contributed by atoms with E-state index in [9.17, 15) is 14.4 Å². The predicted octanol–water partition coefficient (Wildman–Crippen LogP) is 4.93. The molecule has 8 heteroatoms. The summed E-state index contributed by atoms with van der Waals surface area (Å²) in [5.41, 5.74) is 4.36. The molecular weight excluding hydrogens is 516 g/mol. The number of aromatic amines is 1. The standard InChI is InChI=1S/C33H38N4O4/c1-21-18-29(41-4)27(32(39)35-21)20-34-33(40)31-23(3)37(28-13-9-8-12-26(28)31)22(2)25-14-16-36(17-15-25)30(38)19-24-10-6-5-7-11-24/h5-13,18,22,25H,14-17,19-20H2,1-4H3,(H,34,40)(H,35,39)/t22-/m1/s1. The second-order valence-electron chi connectivity index (χ2n) is 11.0. The molecule has 0 spiro atoms. The second-order valence-corrected chi connectivity index (χ2v) is 11.0. The molecule has 0 saturated carbocycles. The van der Waals surface area contributed by atoms with Crippen molar-refractivity contribution in [3.63, 3.8) is 0 Å². The van der Waals surface area contributed by atoms with E-state index in [0.29, 0.717) is 34.9 Å². The summed E-state index contributed by atoms with van der Waals surface area (Å²) in [6, 6.07) is 19.8. The Morgan fingerprint density at radius 1 is 1.05 bits per heavy atom. The van der Waals surface area contributed by atoms with Crippen molar-refractivity contribution in [2.45, 2.75) is 52.6 Å². The number of H-pyrrole nitrogens is 1. The monoisotopic (exact) mass is 554 g/mol. The number of hydrogen-bond donors (Lipinski definition) is 2. The molecule has 2 N–H and O–H groups in total. The van der Waals surface area contributed by atoms with Crippen LogP contribution in [0.3, 0.4) is 0 Å². The maximum absolute atomic E-state index is 13.6. The van der Waals surface area contributed by atoms with Crippen LogP contribution in [0.1, 0.15) is 58.7 Å². The van der Waals surface area contributed by atoms with Crippen LogP contribution >= 0.6 is 0 Å². The van der Waals surface area contributed by atoms with Crippen molar-refractivity contribution in [3.8, 4) is 5.75 Å². The summed E-state index contributed by atoms with van der Waals surface area (Å²) in [5, 5.41) is 3.84. The largest absolute Gasteiger partial charge is 0.496 e. The number of nitrogens with one attached hydrogen (secondary N) is 2. The number of aromatic nitrogens is 2. The number of methoxy groups -OCH3 is 1. The van der Waals surface area contributed by atoms with Crippen LogP contribution in [-0.2, 0) is 17.8 Å². The van der Waals surface area contributed by atoms with Crippen molar-refractivity contribution < 1.29 is 14.3 Å². The number of likely N-dealkylation sites (tertiary alicyclic amines) is 1. The van der Waals surface area contributed by atoms with Crippen molar-refractivity contribution in [2.75, 3.05) is 20.2 Å². The van der Waals surface area contributed by atoms with Gasteiger partial charge in [0.1, 0.15) is 5.75 Å². The molecular formula is C33H38N4O4. The van der Waals surface area contributed by atoms with Gasteiger partial charge in [0, 0.05) is 41.4 Å². The molecule has 0 bridgehead atoms. The van der Waals surface area contributed by atoms with Gasteiger partial charge in [0.15, 0.2) is 0 Å². The van der Waals surface area contributed by atoms with Gasteiger partial charge in [-0.25, -0.2) is 0 Å². The number of benzene rings is 2. The highest BCUT2D eigenvalue weighted by molar-refractivity contribution is 6.08. The maximum Gasteiger partial charge on any atom is 0.256 e. The number of rotatable bonds is 8. The third-order valence-corrected chi connectivity index (χ3v) is 8.44. The molecule has 2 aromatic heterocycles. The van der Waals surface area contributed by atoms with Crippen LogP contribution < -0.4 is 15.6 Å². The minimum absolute atomic E-state index is 0.0571. The van der Waals surface area contributed by atoms with Crippen molar-refractivity contribution in [1.82, 2.24) is 19.8 Å². The van der Waals surface area contributed by atoms with Gasteiger partial charge in [-0.15, -0.1) is 0 Å². The Bertz CT molecular complexity index is 1610. The van der Waals surface area contributed by atoms with E-state index >= 15 is 0 Å². The average Bonchev–Trinajstić information content (AvgIpc) is 3.28. The lowest BCUT2D eigenvalue weighted by atomic mass is 9.89. The summed E-state index contributed by atoms with van der Waals surface area (Å²) in [5.74, 6) is 0.769. The fourth-order valence-corrected chi connectivity index (χ4v) is 6.22. The summed E-state index contributed by atoms with van der Waals surface area (Å²) in [4.78, 5) is 43.8. The van der Waals surface area contributed by atoms with Crippen molar-refractivity contribution in [1.29, 1.82) is 0 Å². The minimum Gasteiger partial charge on any atom is -0.496 e. The van der Waals surface area contributed by atoms with E-state index in [-0.39, 0.29) is 30.0 Å². The summed E-state index contributed by atoms with van der Waals surface area (Å²) in [6.45, 7) is 7.52. The zero-order valence-electron chi connectivity index (χ0n) is 24.2. The Morgan fingerprint density at radius 2 is 1.73 bits per heavy atom. The molecule has 214 valence electrons. The van der Waals surface area contributed by atoms with Crippen LogP contribution in [0.2, 0.25) is 0 Å². The number of pyridine rings is 1. The Balaban J connectivity index is 1.33. The summed E-state index contributed by atoms with van der Waals surface area (Å²) in [6.07, 6.45) is 2.25. The molecule has 2 aromatic carbocycles. The summed E-state index contributed by atoms with van der Waals surface area (Å²) in [7, 11) is 1.52. The number of aryl methyl sites for hydroxylation is 1. The number of hydrogen-bond acceptors (Lipinski definition) is 4. The Kier molecular flexibility index (Phi) is 8.28. The molecule has 5 rings (SSSR count). The number of piperidine rings is 1. The number of carbonyl (C=O) groups is 2. The highest BCUT2D eigenvalue weighted by Crippen LogP contribution is 2.36. The number of ether oxygens (including phenoxy) is 1. The van der Waals surface area contributed by atoms with Crippen molar-refractivity contribution in [2.24, 2.45) is 5.92 Å². The van der Waals surface area contributed by atoms with Gasteiger partial charge in [0.25, 0.3) is 11.5 Å². The van der Waals surface area contributed by atoms with Gasteiger partial charge < -0.3 is 24.5 Å². The molecule has 41 heavy (non-hydrogen) atoms. The minimum atomic E-state index is -0.275. The van der Waals surface area contributed by atoms with E-state index in [0.717, 1.165) is 48.1 Å². The smallest absolute Gasteiger partial charge is 0.256 e. The Labute approximate surface area is 240 Å². The molecule has 1 fully saturated rings. The first kappa shape index (κ1) is 28.2. The third kappa shape index (κ3) is 5.78. The summed E-state index contributed by atoms with van der Waals surface area (Å²) >= 11 is 0. The third-order valence-electron chi connectivity index (χ3n) is 8.44. The average molecular weight is 555 g/mol. The van der Waals surface area contributed by atoms with Gasteiger partial charge in [0.05, 0.1) is 31.2 Å². The van der Waals surface area contributed by atoms with Gasteiger partial charge in [-0.2, -0.15) is 0 Å². The fourth-order valence-electron chi connectivity index (χ4n) is 6.22. The molecule has 0 aliphatic carbocycles. The second kappa shape index (κ2) is 12.0. The summed E-state index contributed by atoms with van der Waals surface area (Å²) < 4.78 is 7.67. The van der Waals surface area contributed by atoms with Crippen molar-refractivity contribution >= 4 is 22.7 Å². The number of amides is 2. The topological polar surface area (TPSA) is 96.4 Å². The normalized spacial score (nSPS) is 14.7. The van der Waals surface area contributed by atoms with Gasteiger partial charge >= 0.3 is 0 Å². The van der Waals surface area contributed by atoms with E-state index in [2.05, 4.69) is 27.9 Å². The quantitative estimate of drug-likeness (QED) is 0.323. The van der Waals surface area contributed by atoms with Gasteiger partial charge in [-0.3, -0.25) is 14.4 Å². The lowest BCUT2D eigenvalue weighted by Gasteiger charge is -2.36. The van der Waals surface area contributed by atoms with Gasteiger partial charge in [-0.05, 0) is 57.2 Å². The highest BCUT2D eigenvalue weighted by Gasteiger charge is 2.30. The van der Waals surface area contributed by atoms with Gasteiger partial charge in [0.2, 0.25) is 5.91 Å². The Morgan fingerprint density at radius 3 is 2.44 bits per heavy atom. The van der Waals surface area contributed by atoms with Crippen LogP contribution in [0.25, 0.3) is 10.9 Å². The number of para-hydroxylation sites is 1. The van der Waals surface area contributed by atoms with Crippen molar-refractivity contribution in [3.05, 3.63) is 99.1 Å². The van der Waals surface area contributed by atoms with Crippen LogP contribution in [-0.4, -0.2) is 46.5 Å². The first-order chi connectivity index (χ1) is 19.8. The van der Waals surface area contributed by atoms with Crippen LogP contribution in [0.15, 0.2) is 65.5 Å². The zero-order chi connectivity index (χ0) is 29.1. The lowest BCUT2D eigenvalue weighted by molar-refractivity contribution is -0.132. The molecule has 1 aliphatic heterocycles. The maximum atomic E-state index is 13.6. The van der Waals surface area contributed by atoms with Crippen LogP contribution in [0.5, 0.6) is 5.75 Å². The molecule has 8 nitrogen and oxygen atoms in total. The Hall–Kier alpha value is -4.33. The highest BCUT2D eigenvalue weighted by atomic mass is 16.5. The number of fused-ring (bicyclic) bond motifs is 1. The SMILES string of the molecule is COc1cc(C)[nH]c(=O)c1CNC(=O)c1c(C)n([C@H](C)C2CCN(C(=O)Cc3ccccc3)CC2)c2ccccc12. The van der Waals surface area contributed by atoms with E-state index in [4.69, 9.17) is 4.74 Å². The van der Waals surface area contributed by atoms with Crippen LogP contribution in [0.4, 0.5) is 0 Å². The lowest BCUT2D eigenvalue weighted by Crippen LogP contribution is -2.41. The first-order valence-corrected chi connectivity index (χ1v) is 14.2. The molecule has 3 heterocycles. The van der Waals surface area contributed by atoms with E-state index in [1.54, 1.807) is 13.0 Å². The molecule has 1 saturated heterocycles. The molecule has 1 atom stereocenters. The number of nitrogens with zero attached hydrogens (tertiary/aromatic N) is 2. The van der Waals surface area contributed by atoms with E-state index in [1.165, 1.54) is 7.11 Å².